The molecule has 1 aromatic carbocycles. The molecule has 0 bridgehead atoms. The van der Waals surface area contributed by atoms with Crippen molar-refractivity contribution in [2.75, 3.05) is 13.2 Å². The molecule has 0 atom stereocenters. The summed E-state index contributed by atoms with van der Waals surface area (Å²) in [6.07, 6.45) is 0.627. The summed E-state index contributed by atoms with van der Waals surface area (Å²) in [5.74, 6) is 0.599. The molecular formula is C11H15N3O3. The molecule has 0 aliphatic rings. The normalized spacial score (nSPS) is 9.76. The molecule has 1 aromatic rings. The molecule has 0 aliphatic heterocycles. The Hall–Kier alpha value is -1.75. The van der Waals surface area contributed by atoms with E-state index in [9.17, 15) is 0 Å². The van der Waals surface area contributed by atoms with Crippen LogP contribution >= 0.6 is 0 Å². The molecule has 0 saturated carbocycles. The Morgan fingerprint density at radius 3 is 2.35 bits per heavy atom. The maximum Gasteiger partial charge on any atom is 0.120 e. The molecule has 0 fully saturated rings. The first kappa shape index (κ1) is 13.3. The molecule has 6 heteroatoms. The summed E-state index contributed by atoms with van der Waals surface area (Å²) in [5, 5.41) is 21.5. The molecule has 0 aromatic heterocycles. The summed E-state index contributed by atoms with van der Waals surface area (Å²) < 4.78 is 5.43. The Morgan fingerprint density at radius 1 is 1.18 bits per heavy atom. The van der Waals surface area contributed by atoms with Crippen molar-refractivity contribution in [3.05, 3.63) is 39.8 Å². The van der Waals surface area contributed by atoms with Crippen LogP contribution in [0.5, 0.6) is 5.75 Å². The number of rotatable bonds is 7. The van der Waals surface area contributed by atoms with Crippen molar-refractivity contribution in [1.29, 1.82) is 0 Å². The van der Waals surface area contributed by atoms with E-state index in [2.05, 4.69) is 10.0 Å². The van der Waals surface area contributed by atoms with Crippen molar-refractivity contribution in [2.24, 2.45) is 5.11 Å². The van der Waals surface area contributed by atoms with Gasteiger partial charge in [-0.15, -0.1) is 0 Å². The molecule has 0 spiro atoms. The Kier molecular flexibility index (Phi) is 5.88. The quantitative estimate of drug-likeness (QED) is 0.327. The zero-order valence-corrected chi connectivity index (χ0v) is 9.41. The van der Waals surface area contributed by atoms with Gasteiger partial charge in [0.15, 0.2) is 0 Å². The van der Waals surface area contributed by atoms with Crippen LogP contribution in [-0.4, -0.2) is 23.4 Å². The van der Waals surface area contributed by atoms with Gasteiger partial charge in [-0.3, -0.25) is 0 Å². The van der Waals surface area contributed by atoms with E-state index in [4.69, 9.17) is 20.5 Å². The highest BCUT2D eigenvalue weighted by atomic mass is 16.5. The lowest BCUT2D eigenvalue weighted by Gasteiger charge is -2.08. The van der Waals surface area contributed by atoms with Crippen LogP contribution in [0.25, 0.3) is 10.4 Å². The van der Waals surface area contributed by atoms with Crippen molar-refractivity contribution >= 4 is 0 Å². The van der Waals surface area contributed by atoms with Gasteiger partial charge in [-0.1, -0.05) is 11.2 Å². The van der Waals surface area contributed by atoms with Crippen molar-refractivity contribution in [3.8, 4) is 5.75 Å². The van der Waals surface area contributed by atoms with Crippen LogP contribution < -0.4 is 4.74 Å². The lowest BCUT2D eigenvalue weighted by Crippen LogP contribution is -2.00. The number of ether oxygens (including phenoxy) is 1. The SMILES string of the molecule is [N-]=[N+]=NCCCOc1cc(CO)cc(CO)c1. The zero-order chi connectivity index (χ0) is 12.5. The average Bonchev–Trinajstić information content (AvgIpc) is 2.38. The summed E-state index contributed by atoms with van der Waals surface area (Å²) in [5.41, 5.74) is 9.47. The number of benzene rings is 1. The van der Waals surface area contributed by atoms with Gasteiger partial charge in [0.25, 0.3) is 0 Å². The second kappa shape index (κ2) is 7.51. The Morgan fingerprint density at radius 2 is 1.82 bits per heavy atom. The van der Waals surface area contributed by atoms with Crippen LogP contribution in [0.1, 0.15) is 17.5 Å². The van der Waals surface area contributed by atoms with Gasteiger partial charge in [-0.2, -0.15) is 0 Å². The van der Waals surface area contributed by atoms with E-state index in [1.165, 1.54) is 0 Å². The Bertz CT molecular complexity index is 381. The molecule has 17 heavy (non-hydrogen) atoms. The fraction of sp³-hybridized carbons (Fsp3) is 0.455. The van der Waals surface area contributed by atoms with E-state index in [1.807, 2.05) is 0 Å². The largest absolute Gasteiger partial charge is 0.494 e. The molecule has 0 saturated heterocycles. The average molecular weight is 237 g/mol. The highest BCUT2D eigenvalue weighted by Gasteiger charge is 2.01. The van der Waals surface area contributed by atoms with Gasteiger partial charge in [-0.25, -0.2) is 0 Å². The maximum atomic E-state index is 9.03. The molecular weight excluding hydrogens is 222 g/mol. The lowest BCUT2D eigenvalue weighted by atomic mass is 10.1. The van der Waals surface area contributed by atoms with Crippen LogP contribution in [-0.2, 0) is 13.2 Å². The first-order valence-corrected chi connectivity index (χ1v) is 5.28. The van der Waals surface area contributed by atoms with Gasteiger partial charge in [0.05, 0.1) is 19.8 Å². The standard InChI is InChI=1S/C11H15N3O3/c12-14-13-2-1-3-17-11-5-9(7-15)4-10(6-11)8-16/h4-6,15-16H,1-3,7-8H2. The molecule has 0 heterocycles. The molecule has 6 nitrogen and oxygen atoms in total. The first-order chi connectivity index (χ1) is 8.30. The zero-order valence-electron chi connectivity index (χ0n) is 9.41. The number of aliphatic hydroxyl groups excluding tert-OH is 2. The Balaban J connectivity index is 2.54. The van der Waals surface area contributed by atoms with E-state index >= 15 is 0 Å². The molecule has 0 aliphatic carbocycles. The monoisotopic (exact) mass is 237 g/mol. The van der Waals surface area contributed by atoms with E-state index in [0.29, 0.717) is 36.4 Å². The topological polar surface area (TPSA) is 98.5 Å². The minimum Gasteiger partial charge on any atom is -0.494 e. The molecule has 2 N–H and O–H groups in total. The predicted octanol–water partition coefficient (Wildman–Crippen LogP) is 1.75. The molecule has 0 radical (unpaired) electrons. The summed E-state index contributed by atoms with van der Waals surface area (Å²) in [6.45, 7) is 0.633. The van der Waals surface area contributed by atoms with Gasteiger partial charge in [0, 0.05) is 11.5 Å². The second-order valence-electron chi connectivity index (χ2n) is 3.46. The van der Waals surface area contributed by atoms with Gasteiger partial charge in [-0.05, 0) is 35.2 Å². The number of hydrogen-bond donors (Lipinski definition) is 2. The fourth-order valence-electron chi connectivity index (χ4n) is 1.36. The van der Waals surface area contributed by atoms with Crippen molar-refractivity contribution < 1.29 is 14.9 Å². The maximum absolute atomic E-state index is 9.03. The second-order valence-corrected chi connectivity index (χ2v) is 3.46. The van der Waals surface area contributed by atoms with Crippen molar-refractivity contribution in [1.82, 2.24) is 0 Å². The van der Waals surface area contributed by atoms with E-state index < -0.39 is 0 Å². The van der Waals surface area contributed by atoms with Crippen molar-refractivity contribution in [3.63, 3.8) is 0 Å². The predicted molar refractivity (Wildman–Crippen MR) is 62.4 cm³/mol. The minimum atomic E-state index is -0.0943. The van der Waals surface area contributed by atoms with Crippen molar-refractivity contribution in [2.45, 2.75) is 19.6 Å². The highest BCUT2D eigenvalue weighted by molar-refractivity contribution is 5.33. The third-order valence-corrected chi connectivity index (χ3v) is 2.13. The van der Waals surface area contributed by atoms with Gasteiger partial charge >= 0.3 is 0 Å². The smallest absolute Gasteiger partial charge is 0.120 e. The molecule has 0 unspecified atom stereocenters. The van der Waals surface area contributed by atoms with Gasteiger partial charge in [0.2, 0.25) is 0 Å². The summed E-state index contributed by atoms with van der Waals surface area (Å²) in [7, 11) is 0. The summed E-state index contributed by atoms with van der Waals surface area (Å²) >= 11 is 0. The molecule has 0 amide bonds. The summed E-state index contributed by atoms with van der Waals surface area (Å²) in [6, 6.07) is 5.15. The highest BCUT2D eigenvalue weighted by Crippen LogP contribution is 2.17. The molecule has 92 valence electrons. The van der Waals surface area contributed by atoms with Gasteiger partial charge in [0.1, 0.15) is 5.75 Å². The van der Waals surface area contributed by atoms with E-state index in [-0.39, 0.29) is 13.2 Å². The Labute approximate surface area is 99.1 Å². The number of hydrogen-bond acceptors (Lipinski definition) is 4. The van der Waals surface area contributed by atoms with Crippen LogP contribution in [0.2, 0.25) is 0 Å². The minimum absolute atomic E-state index is 0.0943. The summed E-state index contributed by atoms with van der Waals surface area (Å²) in [4.78, 5) is 2.64. The van der Waals surface area contributed by atoms with Crippen LogP contribution in [0, 0.1) is 0 Å². The first-order valence-electron chi connectivity index (χ1n) is 5.28. The number of nitrogens with zero attached hydrogens (tertiary/aromatic N) is 3. The third kappa shape index (κ3) is 4.74. The molecule has 1 rings (SSSR count). The number of aliphatic hydroxyl groups is 2. The van der Waals surface area contributed by atoms with Crippen LogP contribution in [0.4, 0.5) is 0 Å². The van der Waals surface area contributed by atoms with Crippen LogP contribution in [0.3, 0.4) is 0 Å². The lowest BCUT2D eigenvalue weighted by molar-refractivity contribution is 0.270. The van der Waals surface area contributed by atoms with E-state index in [0.717, 1.165) is 0 Å². The third-order valence-electron chi connectivity index (χ3n) is 2.13. The van der Waals surface area contributed by atoms with Gasteiger partial charge < -0.3 is 14.9 Å². The van der Waals surface area contributed by atoms with E-state index in [1.54, 1.807) is 18.2 Å². The fourth-order valence-corrected chi connectivity index (χ4v) is 1.36. The van der Waals surface area contributed by atoms with Crippen LogP contribution in [0.15, 0.2) is 23.3 Å². The number of azide groups is 1.